The maximum atomic E-state index is 11.4. The molecule has 1 atom stereocenters. The van der Waals surface area contributed by atoms with E-state index in [1.54, 1.807) is 17.9 Å². The van der Waals surface area contributed by atoms with Gasteiger partial charge in [0.2, 0.25) is 0 Å². The first kappa shape index (κ1) is 15.1. The molecule has 2 rings (SSSR count). The van der Waals surface area contributed by atoms with Gasteiger partial charge >= 0.3 is 5.97 Å². The molecule has 0 aromatic heterocycles. The van der Waals surface area contributed by atoms with E-state index in [9.17, 15) is 20.0 Å². The first-order chi connectivity index (χ1) is 10.0. The predicted molar refractivity (Wildman–Crippen MR) is 76.9 cm³/mol. The second kappa shape index (κ2) is 6.43. The van der Waals surface area contributed by atoms with Gasteiger partial charge in [-0.25, -0.2) is 4.79 Å². The molecule has 1 saturated heterocycles. The zero-order valence-corrected chi connectivity index (χ0v) is 11.8. The van der Waals surface area contributed by atoms with Crippen molar-refractivity contribution < 1.29 is 19.6 Å². The van der Waals surface area contributed by atoms with Crippen molar-refractivity contribution in [2.45, 2.75) is 32.2 Å². The third-order valence-electron chi connectivity index (χ3n) is 3.52. The summed E-state index contributed by atoms with van der Waals surface area (Å²) in [6, 6.07) is 3.78. The summed E-state index contributed by atoms with van der Waals surface area (Å²) in [4.78, 5) is 23.6. The summed E-state index contributed by atoms with van der Waals surface area (Å²) >= 11 is 0. The predicted octanol–water partition coefficient (Wildman–Crippen LogP) is 2.44. The molecule has 1 aliphatic rings. The Morgan fingerprint density at radius 2 is 2.24 bits per heavy atom. The highest BCUT2D eigenvalue weighted by Gasteiger charge is 2.29. The molecule has 0 bridgehead atoms. The standard InChI is InChI=1S/C14H18N2O5/c1-2-21-12-8-10(7-11(9-12)16(19)20)15-6-4-3-5-13(15)14(17)18/h7-9,13H,2-6H2,1H3,(H,17,18). The molecule has 0 saturated carbocycles. The van der Waals surface area contributed by atoms with Crippen LogP contribution >= 0.6 is 0 Å². The summed E-state index contributed by atoms with van der Waals surface area (Å²) in [5, 5.41) is 20.3. The number of aliphatic carboxylic acids is 1. The first-order valence-electron chi connectivity index (χ1n) is 6.94. The van der Waals surface area contributed by atoms with Crippen molar-refractivity contribution in [3.8, 4) is 5.75 Å². The number of rotatable bonds is 5. The second-order valence-electron chi connectivity index (χ2n) is 4.92. The molecule has 1 aromatic carbocycles. The number of nitro benzene ring substituents is 1. The topological polar surface area (TPSA) is 92.9 Å². The number of benzene rings is 1. The van der Waals surface area contributed by atoms with E-state index in [4.69, 9.17) is 4.74 Å². The van der Waals surface area contributed by atoms with Crippen LogP contribution < -0.4 is 9.64 Å². The molecular weight excluding hydrogens is 276 g/mol. The summed E-state index contributed by atoms with van der Waals surface area (Å²) in [7, 11) is 0. The summed E-state index contributed by atoms with van der Waals surface area (Å²) < 4.78 is 5.35. The Labute approximate surface area is 122 Å². The molecule has 7 nitrogen and oxygen atoms in total. The fourth-order valence-electron chi connectivity index (χ4n) is 2.59. The van der Waals surface area contributed by atoms with E-state index in [1.807, 2.05) is 0 Å². The smallest absolute Gasteiger partial charge is 0.326 e. The molecule has 1 aliphatic heterocycles. The second-order valence-corrected chi connectivity index (χ2v) is 4.92. The van der Waals surface area contributed by atoms with Crippen LogP contribution in [0, 0.1) is 10.1 Å². The Hall–Kier alpha value is -2.31. The fourth-order valence-corrected chi connectivity index (χ4v) is 2.59. The average Bonchev–Trinajstić information content (AvgIpc) is 2.47. The van der Waals surface area contributed by atoms with Crippen molar-refractivity contribution in [1.82, 2.24) is 0 Å². The van der Waals surface area contributed by atoms with Crippen molar-refractivity contribution in [1.29, 1.82) is 0 Å². The summed E-state index contributed by atoms with van der Waals surface area (Å²) in [5.41, 5.74) is 0.436. The van der Waals surface area contributed by atoms with Gasteiger partial charge in [-0.3, -0.25) is 10.1 Å². The minimum Gasteiger partial charge on any atom is -0.494 e. The SMILES string of the molecule is CCOc1cc(N2CCCCC2C(=O)O)cc([N+](=O)[O-])c1. The minimum absolute atomic E-state index is 0.0920. The van der Waals surface area contributed by atoms with Crippen molar-refractivity contribution in [3.05, 3.63) is 28.3 Å². The zero-order chi connectivity index (χ0) is 15.4. The third kappa shape index (κ3) is 3.42. The van der Waals surface area contributed by atoms with Crippen LogP contribution in [0.25, 0.3) is 0 Å². The normalized spacial score (nSPS) is 18.3. The number of non-ortho nitro benzene ring substituents is 1. The van der Waals surface area contributed by atoms with E-state index in [2.05, 4.69) is 0 Å². The van der Waals surface area contributed by atoms with Crippen molar-refractivity contribution >= 4 is 17.3 Å². The van der Waals surface area contributed by atoms with E-state index in [1.165, 1.54) is 12.1 Å². The Morgan fingerprint density at radius 1 is 1.48 bits per heavy atom. The van der Waals surface area contributed by atoms with Gasteiger partial charge in [0.25, 0.3) is 5.69 Å². The van der Waals surface area contributed by atoms with Gasteiger partial charge in [0, 0.05) is 24.4 Å². The van der Waals surface area contributed by atoms with Crippen LogP contribution in [0.3, 0.4) is 0 Å². The maximum absolute atomic E-state index is 11.4. The van der Waals surface area contributed by atoms with Crippen LogP contribution in [-0.2, 0) is 4.79 Å². The van der Waals surface area contributed by atoms with Gasteiger partial charge in [-0.05, 0) is 26.2 Å². The average molecular weight is 294 g/mol. The van der Waals surface area contributed by atoms with Gasteiger partial charge in [0.1, 0.15) is 11.8 Å². The molecule has 0 amide bonds. The number of anilines is 1. The van der Waals surface area contributed by atoms with Crippen LogP contribution in [0.5, 0.6) is 5.75 Å². The van der Waals surface area contributed by atoms with Crippen LogP contribution in [-0.4, -0.2) is 35.2 Å². The minimum atomic E-state index is -0.904. The molecule has 1 fully saturated rings. The molecule has 1 N–H and O–H groups in total. The maximum Gasteiger partial charge on any atom is 0.326 e. The van der Waals surface area contributed by atoms with E-state index >= 15 is 0 Å². The lowest BCUT2D eigenvalue weighted by Crippen LogP contribution is -2.44. The van der Waals surface area contributed by atoms with Gasteiger partial charge in [-0.15, -0.1) is 0 Å². The number of carboxylic acid groups (broad SMARTS) is 1. The zero-order valence-electron chi connectivity index (χ0n) is 11.8. The summed E-state index contributed by atoms with van der Waals surface area (Å²) in [5.74, 6) is -0.518. The Morgan fingerprint density at radius 3 is 2.86 bits per heavy atom. The van der Waals surface area contributed by atoms with E-state index in [-0.39, 0.29) is 5.69 Å². The van der Waals surface area contributed by atoms with Crippen LogP contribution in [0.1, 0.15) is 26.2 Å². The molecule has 114 valence electrons. The number of nitro groups is 1. The van der Waals surface area contributed by atoms with E-state index in [0.717, 1.165) is 12.8 Å². The number of ether oxygens (including phenoxy) is 1. The molecule has 0 radical (unpaired) electrons. The van der Waals surface area contributed by atoms with Gasteiger partial charge in [0.05, 0.1) is 17.6 Å². The summed E-state index contributed by atoms with van der Waals surface area (Å²) in [6.45, 7) is 2.76. The summed E-state index contributed by atoms with van der Waals surface area (Å²) in [6.07, 6.45) is 2.26. The monoisotopic (exact) mass is 294 g/mol. The van der Waals surface area contributed by atoms with Crippen molar-refractivity contribution in [2.24, 2.45) is 0 Å². The number of piperidine rings is 1. The number of carbonyl (C=O) groups is 1. The lowest BCUT2D eigenvalue weighted by Gasteiger charge is -2.34. The Bertz CT molecular complexity index is 546. The molecule has 1 aromatic rings. The molecule has 21 heavy (non-hydrogen) atoms. The highest BCUT2D eigenvalue weighted by Crippen LogP contribution is 2.32. The van der Waals surface area contributed by atoms with Crippen LogP contribution in [0.2, 0.25) is 0 Å². The molecule has 1 heterocycles. The third-order valence-corrected chi connectivity index (χ3v) is 3.52. The molecular formula is C14H18N2O5. The van der Waals surface area contributed by atoms with Crippen LogP contribution in [0.4, 0.5) is 11.4 Å². The Kier molecular flexibility index (Phi) is 4.62. The number of nitrogens with zero attached hydrogens (tertiary/aromatic N) is 2. The largest absolute Gasteiger partial charge is 0.494 e. The van der Waals surface area contributed by atoms with Gasteiger partial charge in [-0.2, -0.15) is 0 Å². The highest BCUT2D eigenvalue weighted by atomic mass is 16.6. The highest BCUT2D eigenvalue weighted by molar-refractivity contribution is 5.79. The lowest BCUT2D eigenvalue weighted by molar-refractivity contribution is -0.384. The van der Waals surface area contributed by atoms with Crippen molar-refractivity contribution in [2.75, 3.05) is 18.1 Å². The first-order valence-corrected chi connectivity index (χ1v) is 6.94. The quantitative estimate of drug-likeness (QED) is 0.662. The number of carboxylic acids is 1. The van der Waals surface area contributed by atoms with Gasteiger partial charge < -0.3 is 14.7 Å². The lowest BCUT2D eigenvalue weighted by atomic mass is 10.0. The van der Waals surface area contributed by atoms with Gasteiger partial charge in [-0.1, -0.05) is 0 Å². The Balaban J connectivity index is 2.40. The number of hydrogen-bond donors (Lipinski definition) is 1. The van der Waals surface area contributed by atoms with E-state index in [0.29, 0.717) is 31.0 Å². The molecule has 0 aliphatic carbocycles. The molecule has 0 spiro atoms. The van der Waals surface area contributed by atoms with Crippen molar-refractivity contribution in [3.63, 3.8) is 0 Å². The number of hydrogen-bond acceptors (Lipinski definition) is 5. The fraction of sp³-hybridized carbons (Fsp3) is 0.500. The van der Waals surface area contributed by atoms with Crippen LogP contribution in [0.15, 0.2) is 18.2 Å². The van der Waals surface area contributed by atoms with Gasteiger partial charge in [0.15, 0.2) is 0 Å². The molecule has 1 unspecified atom stereocenters. The molecule has 7 heteroatoms. The van der Waals surface area contributed by atoms with E-state index < -0.39 is 16.9 Å².